The molecule has 0 aromatic heterocycles. The van der Waals surface area contributed by atoms with Crippen LogP contribution in [0.25, 0.3) is 0 Å². The number of unbranched alkanes of at least 4 members (excludes halogenated alkanes) is 2. The van der Waals surface area contributed by atoms with E-state index in [2.05, 4.69) is 22.0 Å². The standard InChI is InChI=1S/C16H23N3O3S/c1-2-3-6-12-17-16(20)11-7-10-15-18-13-8-4-5-9-14(13)23(21,22)19-15/h4-5,8-9H,2-3,6-7,10-12H2,1H3,(H,17,20)(H,18,19). The maximum atomic E-state index is 12.1. The summed E-state index contributed by atoms with van der Waals surface area (Å²) < 4.78 is 27.9. The highest BCUT2D eigenvalue weighted by Crippen LogP contribution is 2.27. The SMILES string of the molecule is CCCCCNC(=O)CCCC1=NS(=O)(=O)c2ccccc2N1. The van der Waals surface area contributed by atoms with Crippen LogP contribution in [0.4, 0.5) is 5.69 Å². The Bertz CT molecular complexity index is 684. The molecule has 0 unspecified atom stereocenters. The monoisotopic (exact) mass is 337 g/mol. The summed E-state index contributed by atoms with van der Waals surface area (Å²) in [5.41, 5.74) is 0.543. The zero-order chi connectivity index (χ0) is 16.7. The van der Waals surface area contributed by atoms with Gasteiger partial charge in [-0.05, 0) is 25.0 Å². The number of hydrogen-bond donors (Lipinski definition) is 2. The number of nitrogens with zero attached hydrogens (tertiary/aromatic N) is 1. The Hall–Kier alpha value is -1.89. The summed E-state index contributed by atoms with van der Waals surface area (Å²) in [7, 11) is -3.64. The molecule has 2 rings (SSSR count). The van der Waals surface area contributed by atoms with E-state index >= 15 is 0 Å². The molecule has 0 bridgehead atoms. The number of amides is 1. The van der Waals surface area contributed by atoms with Gasteiger partial charge in [0.2, 0.25) is 5.91 Å². The van der Waals surface area contributed by atoms with Gasteiger partial charge in [0, 0.05) is 19.4 Å². The van der Waals surface area contributed by atoms with Gasteiger partial charge in [0.05, 0.1) is 5.69 Å². The van der Waals surface area contributed by atoms with Gasteiger partial charge >= 0.3 is 0 Å². The van der Waals surface area contributed by atoms with Crippen molar-refractivity contribution in [3.8, 4) is 0 Å². The molecule has 0 atom stereocenters. The third kappa shape index (κ3) is 5.06. The molecule has 7 heteroatoms. The van der Waals surface area contributed by atoms with Gasteiger partial charge in [-0.25, -0.2) is 0 Å². The highest BCUT2D eigenvalue weighted by atomic mass is 32.2. The van der Waals surface area contributed by atoms with Crippen molar-refractivity contribution in [2.75, 3.05) is 11.9 Å². The maximum Gasteiger partial charge on any atom is 0.286 e. The molecule has 1 heterocycles. The number of fused-ring (bicyclic) bond motifs is 1. The highest BCUT2D eigenvalue weighted by Gasteiger charge is 2.23. The Morgan fingerprint density at radius 1 is 1.22 bits per heavy atom. The van der Waals surface area contributed by atoms with E-state index in [4.69, 9.17) is 0 Å². The number of carbonyl (C=O) groups is 1. The number of hydrogen-bond acceptors (Lipinski definition) is 4. The lowest BCUT2D eigenvalue weighted by atomic mass is 10.2. The van der Waals surface area contributed by atoms with E-state index in [1.807, 2.05) is 0 Å². The van der Waals surface area contributed by atoms with Crippen LogP contribution in [0.2, 0.25) is 0 Å². The Kier molecular flexibility index (Phi) is 6.15. The molecular weight excluding hydrogens is 314 g/mol. The van der Waals surface area contributed by atoms with Gasteiger partial charge in [-0.1, -0.05) is 31.9 Å². The molecule has 1 aliphatic heterocycles. The normalized spacial score (nSPS) is 15.3. The number of para-hydroxylation sites is 1. The smallest absolute Gasteiger partial charge is 0.286 e. The third-order valence-corrected chi connectivity index (χ3v) is 4.97. The highest BCUT2D eigenvalue weighted by molar-refractivity contribution is 7.90. The van der Waals surface area contributed by atoms with Gasteiger partial charge in [0.1, 0.15) is 10.7 Å². The summed E-state index contributed by atoms with van der Waals surface area (Å²) in [6.07, 6.45) is 4.58. The van der Waals surface area contributed by atoms with Crippen molar-refractivity contribution in [1.29, 1.82) is 0 Å². The minimum absolute atomic E-state index is 0.000713. The number of benzene rings is 1. The van der Waals surface area contributed by atoms with Crippen LogP contribution in [-0.4, -0.2) is 26.7 Å². The zero-order valence-corrected chi connectivity index (χ0v) is 14.2. The fourth-order valence-electron chi connectivity index (χ4n) is 2.38. The Morgan fingerprint density at radius 2 is 2.00 bits per heavy atom. The lowest BCUT2D eigenvalue weighted by Gasteiger charge is -2.17. The van der Waals surface area contributed by atoms with E-state index in [1.54, 1.807) is 18.2 Å². The number of nitrogens with one attached hydrogen (secondary N) is 2. The molecule has 1 aromatic carbocycles. The number of amidine groups is 1. The second kappa shape index (κ2) is 8.10. The van der Waals surface area contributed by atoms with E-state index in [-0.39, 0.29) is 10.8 Å². The molecule has 6 nitrogen and oxygen atoms in total. The van der Waals surface area contributed by atoms with Gasteiger partial charge < -0.3 is 10.6 Å². The van der Waals surface area contributed by atoms with Gasteiger partial charge in [-0.2, -0.15) is 8.42 Å². The van der Waals surface area contributed by atoms with Crippen molar-refractivity contribution in [3.05, 3.63) is 24.3 Å². The Balaban J connectivity index is 1.81. The zero-order valence-electron chi connectivity index (χ0n) is 13.3. The van der Waals surface area contributed by atoms with Crippen LogP contribution >= 0.6 is 0 Å². The van der Waals surface area contributed by atoms with E-state index in [0.29, 0.717) is 37.3 Å². The molecule has 0 spiro atoms. The summed E-state index contributed by atoms with van der Waals surface area (Å²) in [6, 6.07) is 6.68. The first-order chi connectivity index (χ1) is 11.0. The second-order valence-corrected chi connectivity index (χ2v) is 7.12. The van der Waals surface area contributed by atoms with Crippen LogP contribution in [0.15, 0.2) is 33.6 Å². The first-order valence-electron chi connectivity index (χ1n) is 7.99. The Morgan fingerprint density at radius 3 is 2.78 bits per heavy atom. The summed E-state index contributed by atoms with van der Waals surface area (Å²) in [4.78, 5) is 11.9. The number of anilines is 1. The molecule has 0 aliphatic carbocycles. The van der Waals surface area contributed by atoms with E-state index in [1.165, 1.54) is 6.07 Å². The predicted octanol–water partition coefficient (Wildman–Crippen LogP) is 2.68. The molecule has 1 amide bonds. The van der Waals surface area contributed by atoms with Crippen molar-refractivity contribution in [2.45, 2.75) is 50.3 Å². The summed E-state index contributed by atoms with van der Waals surface area (Å²) in [6.45, 7) is 2.82. The second-order valence-electron chi connectivity index (χ2n) is 5.54. The van der Waals surface area contributed by atoms with E-state index in [9.17, 15) is 13.2 Å². The third-order valence-electron chi connectivity index (χ3n) is 3.59. The first kappa shape index (κ1) is 17.5. The molecule has 1 aromatic rings. The van der Waals surface area contributed by atoms with Crippen LogP contribution in [-0.2, 0) is 14.8 Å². The van der Waals surface area contributed by atoms with E-state index < -0.39 is 10.0 Å². The summed E-state index contributed by atoms with van der Waals surface area (Å²) in [5.74, 6) is 0.392. The van der Waals surface area contributed by atoms with E-state index in [0.717, 1.165) is 19.3 Å². The van der Waals surface area contributed by atoms with Crippen LogP contribution in [0, 0.1) is 0 Å². The lowest BCUT2D eigenvalue weighted by molar-refractivity contribution is -0.121. The van der Waals surface area contributed by atoms with Crippen LogP contribution < -0.4 is 10.6 Å². The fraction of sp³-hybridized carbons (Fsp3) is 0.500. The van der Waals surface area contributed by atoms with Crippen molar-refractivity contribution in [1.82, 2.24) is 5.32 Å². The number of rotatable bonds is 8. The lowest BCUT2D eigenvalue weighted by Crippen LogP contribution is -2.25. The molecule has 1 aliphatic rings. The average Bonchev–Trinajstić information content (AvgIpc) is 2.51. The number of carbonyl (C=O) groups excluding carboxylic acids is 1. The van der Waals surface area contributed by atoms with Gasteiger partial charge in [-0.3, -0.25) is 4.79 Å². The van der Waals surface area contributed by atoms with Crippen LogP contribution in [0.1, 0.15) is 45.4 Å². The fourth-order valence-corrected chi connectivity index (χ4v) is 3.56. The van der Waals surface area contributed by atoms with Crippen molar-refractivity contribution in [2.24, 2.45) is 4.40 Å². The Labute approximate surface area is 137 Å². The number of sulfonamides is 1. The largest absolute Gasteiger partial charge is 0.356 e. The molecule has 23 heavy (non-hydrogen) atoms. The molecular formula is C16H23N3O3S. The molecule has 2 N–H and O–H groups in total. The van der Waals surface area contributed by atoms with Crippen LogP contribution in [0.5, 0.6) is 0 Å². The minimum atomic E-state index is -3.64. The molecule has 126 valence electrons. The maximum absolute atomic E-state index is 12.1. The van der Waals surface area contributed by atoms with Gasteiger partial charge in [0.25, 0.3) is 10.0 Å². The quantitative estimate of drug-likeness (QED) is 0.714. The summed E-state index contributed by atoms with van der Waals surface area (Å²) in [5, 5.41) is 5.89. The van der Waals surface area contributed by atoms with Crippen molar-refractivity contribution >= 4 is 27.5 Å². The molecule has 0 saturated heterocycles. The van der Waals surface area contributed by atoms with Gasteiger partial charge in [-0.15, -0.1) is 4.40 Å². The predicted molar refractivity (Wildman–Crippen MR) is 91.1 cm³/mol. The first-order valence-corrected chi connectivity index (χ1v) is 9.43. The van der Waals surface area contributed by atoms with Crippen molar-refractivity contribution in [3.63, 3.8) is 0 Å². The van der Waals surface area contributed by atoms with Gasteiger partial charge in [0.15, 0.2) is 0 Å². The topological polar surface area (TPSA) is 87.6 Å². The van der Waals surface area contributed by atoms with Crippen LogP contribution in [0.3, 0.4) is 0 Å². The molecule has 0 radical (unpaired) electrons. The molecule has 0 saturated carbocycles. The minimum Gasteiger partial charge on any atom is -0.356 e. The average molecular weight is 337 g/mol. The van der Waals surface area contributed by atoms with Crippen molar-refractivity contribution < 1.29 is 13.2 Å². The molecule has 0 fully saturated rings. The summed E-state index contributed by atoms with van der Waals surface area (Å²) >= 11 is 0.